The van der Waals surface area contributed by atoms with Crippen molar-refractivity contribution in [1.82, 2.24) is 14.5 Å². The Morgan fingerprint density at radius 2 is 1.83 bits per heavy atom. The molecular formula is C21H26ClN3O3S. The number of carbonyl (C=O) groups excluding carboxylic acids is 1. The monoisotopic (exact) mass is 435 g/mol. The average molecular weight is 436 g/mol. The van der Waals surface area contributed by atoms with Crippen LogP contribution in [0.1, 0.15) is 24.4 Å². The third kappa shape index (κ3) is 5.57. The van der Waals surface area contributed by atoms with E-state index in [-0.39, 0.29) is 23.4 Å². The Morgan fingerprint density at radius 3 is 2.48 bits per heavy atom. The van der Waals surface area contributed by atoms with E-state index in [0.29, 0.717) is 11.6 Å². The van der Waals surface area contributed by atoms with Gasteiger partial charge in [-0.05, 0) is 55.8 Å². The third-order valence-electron chi connectivity index (χ3n) is 5.13. The van der Waals surface area contributed by atoms with E-state index in [2.05, 4.69) is 10.2 Å². The zero-order chi connectivity index (χ0) is 20.9. The van der Waals surface area contributed by atoms with Gasteiger partial charge in [-0.15, -0.1) is 0 Å². The predicted octanol–water partition coefficient (Wildman–Crippen LogP) is 2.91. The molecule has 1 saturated heterocycles. The summed E-state index contributed by atoms with van der Waals surface area (Å²) in [4.78, 5) is 15.0. The zero-order valence-corrected chi connectivity index (χ0v) is 18.0. The quantitative estimate of drug-likeness (QED) is 0.692. The molecule has 29 heavy (non-hydrogen) atoms. The van der Waals surface area contributed by atoms with Gasteiger partial charge in [0.25, 0.3) is 0 Å². The van der Waals surface area contributed by atoms with Gasteiger partial charge in [-0.25, -0.2) is 8.42 Å². The zero-order valence-electron chi connectivity index (χ0n) is 16.4. The molecule has 6 nitrogen and oxygen atoms in total. The van der Waals surface area contributed by atoms with Gasteiger partial charge in [0.15, 0.2) is 0 Å². The summed E-state index contributed by atoms with van der Waals surface area (Å²) >= 11 is 6.16. The van der Waals surface area contributed by atoms with Gasteiger partial charge in [-0.1, -0.05) is 41.9 Å². The molecule has 0 aromatic heterocycles. The van der Waals surface area contributed by atoms with Crippen molar-refractivity contribution in [3.05, 3.63) is 65.2 Å². The topological polar surface area (TPSA) is 69.7 Å². The molecule has 0 bridgehead atoms. The van der Waals surface area contributed by atoms with Gasteiger partial charge in [0.1, 0.15) is 0 Å². The molecule has 1 fully saturated rings. The number of likely N-dealkylation sites (tertiary alicyclic amines) is 1. The van der Waals surface area contributed by atoms with Crippen LogP contribution in [0.4, 0.5) is 0 Å². The lowest BCUT2D eigenvalue weighted by Crippen LogP contribution is -2.42. The molecule has 0 radical (unpaired) electrons. The minimum Gasteiger partial charge on any atom is -0.353 e. The standard InChI is InChI=1S/C21H26ClN3O3S/c1-24(29(27,28)19-10-3-2-4-11-19)16-21(26)23-15-20(25-12-5-6-13-25)17-8-7-9-18(22)14-17/h2-4,7-11,14,20H,5-6,12-13,15-16H2,1H3,(H,23,26). The molecule has 2 aromatic rings. The summed E-state index contributed by atoms with van der Waals surface area (Å²) in [6.07, 6.45) is 2.26. The van der Waals surface area contributed by atoms with E-state index in [1.165, 1.54) is 19.2 Å². The summed E-state index contributed by atoms with van der Waals surface area (Å²) < 4.78 is 26.3. The van der Waals surface area contributed by atoms with E-state index in [1.54, 1.807) is 18.2 Å². The Kier molecular flexibility index (Phi) is 7.29. The van der Waals surface area contributed by atoms with E-state index < -0.39 is 10.0 Å². The van der Waals surface area contributed by atoms with E-state index in [0.717, 1.165) is 35.8 Å². The molecule has 1 aliphatic rings. The molecule has 1 amide bonds. The van der Waals surface area contributed by atoms with Gasteiger partial charge in [0.05, 0.1) is 17.5 Å². The van der Waals surface area contributed by atoms with Gasteiger partial charge in [0, 0.05) is 18.6 Å². The number of hydrogen-bond acceptors (Lipinski definition) is 4. The molecule has 1 heterocycles. The van der Waals surface area contributed by atoms with Gasteiger partial charge in [0.2, 0.25) is 15.9 Å². The second-order valence-corrected chi connectivity index (χ2v) is 9.67. The van der Waals surface area contributed by atoms with Crippen LogP contribution >= 0.6 is 11.6 Å². The van der Waals surface area contributed by atoms with Crippen LogP contribution in [0, 0.1) is 0 Å². The van der Waals surface area contributed by atoms with Crippen LogP contribution in [-0.4, -0.2) is 56.8 Å². The van der Waals surface area contributed by atoms with Crippen LogP contribution in [0.15, 0.2) is 59.5 Å². The minimum absolute atomic E-state index is 0.0104. The smallest absolute Gasteiger partial charge is 0.243 e. The first-order chi connectivity index (χ1) is 13.9. The SMILES string of the molecule is CN(CC(=O)NCC(c1cccc(Cl)c1)N1CCCC1)S(=O)(=O)c1ccccc1. The van der Waals surface area contributed by atoms with Crippen molar-refractivity contribution in [3.8, 4) is 0 Å². The first-order valence-corrected chi connectivity index (χ1v) is 11.5. The Bertz CT molecular complexity index is 931. The molecule has 0 spiro atoms. The molecular weight excluding hydrogens is 410 g/mol. The lowest BCUT2D eigenvalue weighted by Gasteiger charge is -2.28. The highest BCUT2D eigenvalue weighted by Gasteiger charge is 2.26. The second-order valence-electron chi connectivity index (χ2n) is 7.19. The number of rotatable bonds is 8. The minimum atomic E-state index is -3.70. The number of nitrogens with one attached hydrogen (secondary N) is 1. The van der Waals surface area contributed by atoms with Crippen LogP contribution < -0.4 is 5.32 Å². The maximum Gasteiger partial charge on any atom is 0.243 e. The summed E-state index contributed by atoms with van der Waals surface area (Å²) in [5, 5.41) is 3.56. The third-order valence-corrected chi connectivity index (χ3v) is 7.18. The summed E-state index contributed by atoms with van der Waals surface area (Å²) in [5.74, 6) is -0.335. The van der Waals surface area contributed by atoms with Crippen molar-refractivity contribution in [2.75, 3.05) is 33.2 Å². The second kappa shape index (κ2) is 9.71. The van der Waals surface area contributed by atoms with Crippen molar-refractivity contribution >= 4 is 27.5 Å². The van der Waals surface area contributed by atoms with E-state index >= 15 is 0 Å². The summed E-state index contributed by atoms with van der Waals surface area (Å²) in [6.45, 7) is 2.10. The van der Waals surface area contributed by atoms with Crippen LogP contribution in [-0.2, 0) is 14.8 Å². The largest absolute Gasteiger partial charge is 0.353 e. The molecule has 0 saturated carbocycles. The summed E-state index contributed by atoms with van der Waals surface area (Å²) in [7, 11) is -2.29. The summed E-state index contributed by atoms with van der Waals surface area (Å²) in [5.41, 5.74) is 1.05. The number of sulfonamides is 1. The molecule has 3 rings (SSSR count). The van der Waals surface area contributed by atoms with Crippen LogP contribution in [0.2, 0.25) is 5.02 Å². The molecule has 1 unspecified atom stereocenters. The number of likely N-dealkylation sites (N-methyl/N-ethyl adjacent to an activating group) is 1. The Hall–Kier alpha value is -1.93. The highest BCUT2D eigenvalue weighted by Crippen LogP contribution is 2.26. The normalized spacial score (nSPS) is 16.1. The fraction of sp³-hybridized carbons (Fsp3) is 0.381. The molecule has 156 valence electrons. The number of halogens is 1. The highest BCUT2D eigenvalue weighted by atomic mass is 35.5. The van der Waals surface area contributed by atoms with Gasteiger partial charge in [-0.2, -0.15) is 4.31 Å². The van der Waals surface area contributed by atoms with Crippen LogP contribution in [0.3, 0.4) is 0 Å². The maximum atomic E-state index is 12.6. The lowest BCUT2D eigenvalue weighted by molar-refractivity contribution is -0.121. The van der Waals surface area contributed by atoms with Crippen molar-refractivity contribution < 1.29 is 13.2 Å². The fourth-order valence-electron chi connectivity index (χ4n) is 3.55. The number of carbonyl (C=O) groups is 1. The van der Waals surface area contributed by atoms with Crippen LogP contribution in [0.5, 0.6) is 0 Å². The maximum absolute atomic E-state index is 12.6. The first kappa shape index (κ1) is 21.8. The van der Waals surface area contributed by atoms with Crippen molar-refractivity contribution in [2.24, 2.45) is 0 Å². The summed E-state index contributed by atoms with van der Waals surface area (Å²) in [6, 6.07) is 15.8. The highest BCUT2D eigenvalue weighted by molar-refractivity contribution is 7.89. The Morgan fingerprint density at radius 1 is 1.14 bits per heavy atom. The van der Waals surface area contributed by atoms with Gasteiger partial charge >= 0.3 is 0 Å². The molecule has 0 aliphatic carbocycles. The Balaban J connectivity index is 1.64. The molecule has 1 N–H and O–H groups in total. The number of amides is 1. The molecule has 2 aromatic carbocycles. The predicted molar refractivity (Wildman–Crippen MR) is 114 cm³/mol. The molecule has 1 atom stereocenters. The average Bonchev–Trinajstić information content (AvgIpc) is 3.23. The number of hydrogen-bond donors (Lipinski definition) is 1. The van der Waals surface area contributed by atoms with Crippen LogP contribution in [0.25, 0.3) is 0 Å². The van der Waals surface area contributed by atoms with Gasteiger partial charge < -0.3 is 5.32 Å². The molecule has 1 aliphatic heterocycles. The van der Waals surface area contributed by atoms with E-state index in [1.807, 2.05) is 24.3 Å². The van der Waals surface area contributed by atoms with E-state index in [4.69, 9.17) is 11.6 Å². The Labute approximate surface area is 177 Å². The van der Waals surface area contributed by atoms with Gasteiger partial charge in [-0.3, -0.25) is 9.69 Å². The van der Waals surface area contributed by atoms with Crippen molar-refractivity contribution in [1.29, 1.82) is 0 Å². The number of nitrogens with zero attached hydrogens (tertiary/aromatic N) is 2. The van der Waals surface area contributed by atoms with E-state index in [9.17, 15) is 13.2 Å². The first-order valence-electron chi connectivity index (χ1n) is 9.65. The van der Waals surface area contributed by atoms with Crippen molar-refractivity contribution in [2.45, 2.75) is 23.8 Å². The fourth-order valence-corrected chi connectivity index (χ4v) is 4.90. The number of benzene rings is 2. The molecule has 8 heteroatoms. The lowest BCUT2D eigenvalue weighted by atomic mass is 10.1. The van der Waals surface area contributed by atoms with Crippen molar-refractivity contribution in [3.63, 3.8) is 0 Å².